The van der Waals surface area contributed by atoms with Crippen LogP contribution >= 0.6 is 0 Å². The number of nitrogens with one attached hydrogen (secondary N) is 1. The van der Waals surface area contributed by atoms with Crippen LogP contribution in [0.25, 0.3) is 0 Å². The number of aromatic carboxylic acids is 1. The summed E-state index contributed by atoms with van der Waals surface area (Å²) in [5.41, 5.74) is 0.998. The Hall–Kier alpha value is -1.60. The molecular formula is C12H17NO5S. The molecule has 0 saturated carbocycles. The van der Waals surface area contributed by atoms with E-state index in [1.807, 2.05) is 0 Å². The van der Waals surface area contributed by atoms with Gasteiger partial charge in [-0.1, -0.05) is 6.07 Å². The standard InChI is InChI=1S/C12H17NO5S/c1-9-4-5-10(12(14)15)8-11(9)13-19(16,17)7-3-6-18-2/h4-5,8,13H,3,6-7H2,1-2H3,(H,14,15). The van der Waals surface area contributed by atoms with E-state index in [1.54, 1.807) is 13.0 Å². The lowest BCUT2D eigenvalue weighted by atomic mass is 10.1. The molecule has 0 aliphatic carbocycles. The van der Waals surface area contributed by atoms with Gasteiger partial charge in [-0.25, -0.2) is 13.2 Å². The van der Waals surface area contributed by atoms with Gasteiger partial charge in [-0.3, -0.25) is 4.72 Å². The van der Waals surface area contributed by atoms with Crippen LogP contribution in [0, 0.1) is 6.92 Å². The van der Waals surface area contributed by atoms with Crippen LogP contribution in [0.4, 0.5) is 5.69 Å². The summed E-state index contributed by atoms with van der Waals surface area (Å²) in [4.78, 5) is 10.8. The van der Waals surface area contributed by atoms with Crippen molar-refractivity contribution in [2.75, 3.05) is 24.2 Å². The van der Waals surface area contributed by atoms with E-state index in [0.717, 1.165) is 0 Å². The zero-order chi connectivity index (χ0) is 14.5. The summed E-state index contributed by atoms with van der Waals surface area (Å²) in [6.45, 7) is 2.06. The third kappa shape index (κ3) is 4.88. The van der Waals surface area contributed by atoms with Crippen molar-refractivity contribution in [2.24, 2.45) is 0 Å². The number of anilines is 1. The first kappa shape index (κ1) is 15.5. The predicted molar refractivity (Wildman–Crippen MR) is 72.0 cm³/mol. The fourth-order valence-corrected chi connectivity index (χ4v) is 2.63. The summed E-state index contributed by atoms with van der Waals surface area (Å²) >= 11 is 0. The molecule has 0 aliphatic rings. The fraction of sp³-hybridized carbons (Fsp3) is 0.417. The van der Waals surface area contributed by atoms with Crippen molar-refractivity contribution >= 4 is 21.7 Å². The lowest BCUT2D eigenvalue weighted by Crippen LogP contribution is -2.18. The first-order valence-corrected chi connectivity index (χ1v) is 7.34. The Labute approximate surface area is 112 Å². The molecular weight excluding hydrogens is 270 g/mol. The summed E-state index contributed by atoms with van der Waals surface area (Å²) in [5, 5.41) is 8.88. The molecule has 0 aromatic heterocycles. The highest BCUT2D eigenvalue weighted by Crippen LogP contribution is 2.18. The van der Waals surface area contributed by atoms with E-state index in [0.29, 0.717) is 18.6 Å². The van der Waals surface area contributed by atoms with Crippen molar-refractivity contribution in [3.8, 4) is 0 Å². The summed E-state index contributed by atoms with van der Waals surface area (Å²) < 4.78 is 30.8. The molecule has 0 aliphatic heterocycles. The molecule has 0 amide bonds. The lowest BCUT2D eigenvalue weighted by Gasteiger charge is -2.11. The predicted octanol–water partition coefficient (Wildman–Crippen LogP) is 1.47. The molecule has 1 aromatic carbocycles. The van der Waals surface area contributed by atoms with Crippen molar-refractivity contribution < 1.29 is 23.1 Å². The molecule has 106 valence electrons. The maximum Gasteiger partial charge on any atom is 0.335 e. The van der Waals surface area contributed by atoms with Gasteiger partial charge in [0.15, 0.2) is 0 Å². The minimum atomic E-state index is -3.49. The van der Waals surface area contributed by atoms with Gasteiger partial charge >= 0.3 is 5.97 Å². The molecule has 0 radical (unpaired) electrons. The van der Waals surface area contributed by atoms with Crippen molar-refractivity contribution in [3.63, 3.8) is 0 Å². The number of sulfonamides is 1. The van der Waals surface area contributed by atoms with Gasteiger partial charge in [-0.05, 0) is 31.0 Å². The Balaban J connectivity index is 2.86. The highest BCUT2D eigenvalue weighted by Gasteiger charge is 2.13. The van der Waals surface area contributed by atoms with E-state index in [-0.39, 0.29) is 17.0 Å². The van der Waals surface area contributed by atoms with E-state index >= 15 is 0 Å². The maximum absolute atomic E-state index is 11.8. The Morgan fingerprint density at radius 1 is 1.42 bits per heavy atom. The Kier molecular flexibility index (Phi) is 5.31. The first-order chi connectivity index (χ1) is 8.85. The zero-order valence-electron chi connectivity index (χ0n) is 10.8. The van der Waals surface area contributed by atoms with Gasteiger partial charge in [0.25, 0.3) is 0 Å². The number of rotatable bonds is 7. The van der Waals surface area contributed by atoms with Crippen molar-refractivity contribution in [1.82, 2.24) is 0 Å². The molecule has 0 heterocycles. The number of carboxylic acid groups (broad SMARTS) is 1. The largest absolute Gasteiger partial charge is 0.478 e. The second kappa shape index (κ2) is 6.53. The number of methoxy groups -OCH3 is 1. The minimum absolute atomic E-state index is 0.0418. The third-order valence-corrected chi connectivity index (χ3v) is 3.87. The molecule has 0 fully saturated rings. The van der Waals surface area contributed by atoms with Gasteiger partial charge in [0.2, 0.25) is 10.0 Å². The first-order valence-electron chi connectivity index (χ1n) is 5.69. The van der Waals surface area contributed by atoms with Gasteiger partial charge in [0, 0.05) is 13.7 Å². The molecule has 19 heavy (non-hydrogen) atoms. The number of aryl methyl sites for hydroxylation is 1. The molecule has 7 heteroatoms. The SMILES string of the molecule is COCCCS(=O)(=O)Nc1cc(C(=O)O)ccc1C. The topological polar surface area (TPSA) is 92.7 Å². The molecule has 2 N–H and O–H groups in total. The second-order valence-corrected chi connectivity index (χ2v) is 5.94. The number of ether oxygens (including phenoxy) is 1. The summed E-state index contributed by atoms with van der Waals surface area (Å²) in [6.07, 6.45) is 0.378. The number of carboxylic acids is 1. The summed E-state index contributed by atoms with van der Waals surface area (Å²) in [7, 11) is -1.99. The molecule has 0 saturated heterocycles. The average molecular weight is 287 g/mol. The molecule has 0 atom stereocenters. The average Bonchev–Trinajstić information content (AvgIpc) is 2.31. The quantitative estimate of drug-likeness (QED) is 0.741. The van der Waals surface area contributed by atoms with Gasteiger partial charge in [0.1, 0.15) is 0 Å². The molecule has 6 nitrogen and oxygen atoms in total. The van der Waals surface area contributed by atoms with Crippen LogP contribution in [0.1, 0.15) is 22.3 Å². The maximum atomic E-state index is 11.8. The zero-order valence-corrected chi connectivity index (χ0v) is 11.7. The van der Waals surface area contributed by atoms with E-state index in [1.165, 1.54) is 19.2 Å². The fourth-order valence-electron chi connectivity index (χ4n) is 1.48. The van der Waals surface area contributed by atoms with Gasteiger partial charge in [0.05, 0.1) is 17.0 Å². The Bertz CT molecular complexity index is 553. The Morgan fingerprint density at radius 2 is 2.11 bits per heavy atom. The van der Waals surface area contributed by atoms with Crippen LogP contribution in [-0.2, 0) is 14.8 Å². The van der Waals surface area contributed by atoms with Crippen LogP contribution in [0.3, 0.4) is 0 Å². The summed E-state index contributed by atoms with van der Waals surface area (Å²) in [6, 6.07) is 4.31. The normalized spacial score (nSPS) is 11.3. The van der Waals surface area contributed by atoms with Crippen LogP contribution in [0.2, 0.25) is 0 Å². The van der Waals surface area contributed by atoms with Crippen molar-refractivity contribution in [3.05, 3.63) is 29.3 Å². The van der Waals surface area contributed by atoms with E-state index in [4.69, 9.17) is 9.84 Å². The van der Waals surface area contributed by atoms with Crippen LogP contribution in [-0.4, -0.2) is 39.0 Å². The lowest BCUT2D eigenvalue weighted by molar-refractivity contribution is 0.0697. The van der Waals surface area contributed by atoms with Crippen LogP contribution in [0.15, 0.2) is 18.2 Å². The number of hydrogen-bond donors (Lipinski definition) is 2. The highest BCUT2D eigenvalue weighted by molar-refractivity contribution is 7.92. The van der Waals surface area contributed by atoms with Crippen molar-refractivity contribution in [1.29, 1.82) is 0 Å². The Morgan fingerprint density at radius 3 is 2.68 bits per heavy atom. The van der Waals surface area contributed by atoms with Gasteiger partial charge in [-0.2, -0.15) is 0 Å². The van der Waals surface area contributed by atoms with Gasteiger partial charge in [-0.15, -0.1) is 0 Å². The van der Waals surface area contributed by atoms with E-state index < -0.39 is 16.0 Å². The third-order valence-electron chi connectivity index (χ3n) is 2.51. The molecule has 0 spiro atoms. The van der Waals surface area contributed by atoms with Crippen LogP contribution in [0.5, 0.6) is 0 Å². The van der Waals surface area contributed by atoms with E-state index in [9.17, 15) is 13.2 Å². The highest BCUT2D eigenvalue weighted by atomic mass is 32.2. The molecule has 1 rings (SSSR count). The number of benzene rings is 1. The van der Waals surface area contributed by atoms with Gasteiger partial charge < -0.3 is 9.84 Å². The smallest absolute Gasteiger partial charge is 0.335 e. The van der Waals surface area contributed by atoms with E-state index in [2.05, 4.69) is 4.72 Å². The van der Waals surface area contributed by atoms with Crippen LogP contribution < -0.4 is 4.72 Å². The minimum Gasteiger partial charge on any atom is -0.478 e. The molecule has 0 unspecified atom stereocenters. The second-order valence-electron chi connectivity index (χ2n) is 4.10. The van der Waals surface area contributed by atoms with Crippen molar-refractivity contribution in [2.45, 2.75) is 13.3 Å². The molecule has 1 aromatic rings. The molecule has 0 bridgehead atoms. The monoisotopic (exact) mass is 287 g/mol. The number of carbonyl (C=O) groups is 1. The number of hydrogen-bond acceptors (Lipinski definition) is 4. The summed E-state index contributed by atoms with van der Waals surface area (Å²) in [5.74, 6) is -1.17.